The van der Waals surface area contributed by atoms with Gasteiger partial charge in [0, 0.05) is 17.8 Å². The van der Waals surface area contributed by atoms with Crippen LogP contribution in [0.25, 0.3) is 0 Å². The van der Waals surface area contributed by atoms with Crippen molar-refractivity contribution in [3.05, 3.63) is 11.6 Å². The van der Waals surface area contributed by atoms with Crippen LogP contribution in [-0.4, -0.2) is 22.7 Å². The summed E-state index contributed by atoms with van der Waals surface area (Å²) in [7, 11) is 0. The molecule has 3 nitrogen and oxygen atoms in total. The third kappa shape index (κ3) is 6.00. The standard InChI is InChI=1S/C16H25ClO3/c1-7-12(9-14(20)16(4,5)6)8-13(19)15(17)10(2)11(3)18/h8,10,15H,7,9H2,1-6H3/b12-8-. The van der Waals surface area contributed by atoms with Gasteiger partial charge in [-0.3, -0.25) is 14.4 Å². The molecule has 0 saturated heterocycles. The van der Waals surface area contributed by atoms with Crippen LogP contribution in [0.5, 0.6) is 0 Å². The molecule has 0 spiro atoms. The minimum absolute atomic E-state index is 0.0872. The third-order valence-electron chi connectivity index (χ3n) is 3.38. The minimum Gasteiger partial charge on any atom is -0.300 e. The van der Waals surface area contributed by atoms with Gasteiger partial charge in [0.1, 0.15) is 16.9 Å². The molecular formula is C16H25ClO3. The number of halogens is 1. The summed E-state index contributed by atoms with van der Waals surface area (Å²) in [4.78, 5) is 35.2. The number of alkyl halides is 1. The number of hydrogen-bond acceptors (Lipinski definition) is 3. The zero-order chi connectivity index (χ0) is 16.1. The molecule has 0 saturated carbocycles. The quantitative estimate of drug-likeness (QED) is 0.532. The highest BCUT2D eigenvalue weighted by molar-refractivity contribution is 6.34. The first kappa shape index (κ1) is 19.0. The monoisotopic (exact) mass is 300 g/mol. The zero-order valence-corrected chi connectivity index (χ0v) is 14.0. The van der Waals surface area contributed by atoms with E-state index in [9.17, 15) is 14.4 Å². The largest absolute Gasteiger partial charge is 0.300 e. The van der Waals surface area contributed by atoms with Crippen molar-refractivity contribution in [1.82, 2.24) is 0 Å². The van der Waals surface area contributed by atoms with Gasteiger partial charge in [0.15, 0.2) is 5.78 Å². The van der Waals surface area contributed by atoms with Gasteiger partial charge in [0.05, 0.1) is 0 Å². The van der Waals surface area contributed by atoms with E-state index >= 15 is 0 Å². The molecule has 0 aromatic heterocycles. The summed E-state index contributed by atoms with van der Waals surface area (Å²) in [5, 5.41) is -0.862. The van der Waals surface area contributed by atoms with Crippen LogP contribution in [0.4, 0.5) is 0 Å². The van der Waals surface area contributed by atoms with Crippen molar-refractivity contribution in [2.45, 2.75) is 59.8 Å². The lowest BCUT2D eigenvalue weighted by molar-refractivity contribution is -0.125. The predicted octanol–water partition coefficient (Wildman–Crippen LogP) is 3.73. The van der Waals surface area contributed by atoms with E-state index in [-0.39, 0.29) is 23.8 Å². The van der Waals surface area contributed by atoms with Gasteiger partial charge in [0.25, 0.3) is 0 Å². The Bertz CT molecular complexity index is 416. The maximum Gasteiger partial charge on any atom is 0.174 e. The fourth-order valence-electron chi connectivity index (χ4n) is 1.48. The van der Waals surface area contributed by atoms with Gasteiger partial charge in [-0.2, -0.15) is 0 Å². The van der Waals surface area contributed by atoms with E-state index in [4.69, 9.17) is 11.6 Å². The molecule has 0 bridgehead atoms. The molecule has 0 aliphatic carbocycles. The van der Waals surface area contributed by atoms with Gasteiger partial charge < -0.3 is 0 Å². The van der Waals surface area contributed by atoms with E-state index < -0.39 is 16.7 Å². The first-order chi connectivity index (χ1) is 9.00. The molecule has 0 radical (unpaired) electrons. The second-order valence-corrected chi connectivity index (χ2v) is 6.68. The van der Waals surface area contributed by atoms with Crippen molar-refractivity contribution in [1.29, 1.82) is 0 Å². The second-order valence-electron chi connectivity index (χ2n) is 6.21. The Hall–Kier alpha value is -0.960. The SMILES string of the molecule is CC/C(=C/C(=O)C(Cl)C(C)C(C)=O)CC(=O)C(C)(C)C. The first-order valence-electron chi connectivity index (χ1n) is 6.91. The Kier molecular flexibility index (Phi) is 7.35. The number of allylic oxidation sites excluding steroid dienone is 2. The normalized spacial score (nSPS) is 15.7. The molecule has 0 heterocycles. The molecule has 2 atom stereocenters. The second kappa shape index (κ2) is 7.72. The van der Waals surface area contributed by atoms with E-state index in [1.54, 1.807) is 6.92 Å². The number of ketones is 3. The van der Waals surface area contributed by atoms with Gasteiger partial charge in [-0.05, 0) is 19.4 Å². The molecule has 2 unspecified atom stereocenters. The van der Waals surface area contributed by atoms with E-state index in [1.165, 1.54) is 13.0 Å². The average Bonchev–Trinajstić information content (AvgIpc) is 2.34. The molecule has 0 aromatic rings. The van der Waals surface area contributed by atoms with Crippen molar-refractivity contribution in [2.75, 3.05) is 0 Å². The molecule has 0 amide bonds. The van der Waals surface area contributed by atoms with Crippen molar-refractivity contribution in [3.63, 3.8) is 0 Å². The molecular weight excluding hydrogens is 276 g/mol. The van der Waals surface area contributed by atoms with Gasteiger partial charge in [-0.1, -0.05) is 40.2 Å². The van der Waals surface area contributed by atoms with Crippen LogP contribution in [0.15, 0.2) is 11.6 Å². The van der Waals surface area contributed by atoms with Crippen LogP contribution in [0.2, 0.25) is 0 Å². The highest BCUT2D eigenvalue weighted by Crippen LogP contribution is 2.22. The van der Waals surface area contributed by atoms with E-state index in [2.05, 4.69) is 0 Å². The Morgan fingerprint density at radius 1 is 1.20 bits per heavy atom. The molecule has 0 N–H and O–H groups in total. The third-order valence-corrected chi connectivity index (χ3v) is 3.97. The van der Waals surface area contributed by atoms with Crippen LogP contribution in [-0.2, 0) is 14.4 Å². The molecule has 20 heavy (non-hydrogen) atoms. The Balaban J connectivity index is 4.94. The van der Waals surface area contributed by atoms with E-state index in [1.807, 2.05) is 27.7 Å². The predicted molar refractivity (Wildman–Crippen MR) is 81.9 cm³/mol. The van der Waals surface area contributed by atoms with Gasteiger partial charge >= 0.3 is 0 Å². The number of rotatable bonds is 7. The highest BCUT2D eigenvalue weighted by atomic mass is 35.5. The summed E-state index contributed by atoms with van der Waals surface area (Å²) in [6.07, 6.45) is 2.30. The number of carbonyl (C=O) groups is 3. The summed E-state index contributed by atoms with van der Waals surface area (Å²) in [6, 6.07) is 0. The molecule has 0 aliphatic rings. The molecule has 0 rings (SSSR count). The molecule has 4 heteroatoms. The number of carbonyl (C=O) groups excluding carboxylic acids is 3. The van der Waals surface area contributed by atoms with E-state index in [0.29, 0.717) is 6.42 Å². The molecule has 0 aromatic carbocycles. The van der Waals surface area contributed by atoms with Crippen molar-refractivity contribution in [2.24, 2.45) is 11.3 Å². The Morgan fingerprint density at radius 2 is 1.70 bits per heavy atom. The summed E-state index contributed by atoms with van der Waals surface area (Å²) in [5.41, 5.74) is 0.334. The maximum absolute atomic E-state index is 12.0. The van der Waals surface area contributed by atoms with Crippen LogP contribution in [0, 0.1) is 11.3 Å². The average molecular weight is 301 g/mol. The Labute approximate surface area is 126 Å². The fraction of sp³-hybridized carbons (Fsp3) is 0.688. The Morgan fingerprint density at radius 3 is 2.05 bits per heavy atom. The summed E-state index contributed by atoms with van der Waals surface area (Å²) >= 11 is 6.00. The van der Waals surface area contributed by atoms with Crippen molar-refractivity contribution >= 4 is 29.0 Å². The highest BCUT2D eigenvalue weighted by Gasteiger charge is 2.26. The lowest BCUT2D eigenvalue weighted by Crippen LogP contribution is -2.26. The molecule has 0 aliphatic heterocycles. The van der Waals surface area contributed by atoms with Crippen molar-refractivity contribution in [3.8, 4) is 0 Å². The lowest BCUT2D eigenvalue weighted by Gasteiger charge is -2.18. The maximum atomic E-state index is 12.0. The number of Topliss-reactive ketones (excluding diaryl/α,β-unsaturated/α-hetero) is 2. The summed E-state index contributed by atoms with van der Waals surface area (Å²) < 4.78 is 0. The number of hydrogen-bond donors (Lipinski definition) is 0. The fourth-order valence-corrected chi connectivity index (χ4v) is 1.72. The minimum atomic E-state index is -0.862. The topological polar surface area (TPSA) is 51.2 Å². The first-order valence-corrected chi connectivity index (χ1v) is 7.35. The van der Waals surface area contributed by atoms with Gasteiger partial charge in [-0.25, -0.2) is 0 Å². The van der Waals surface area contributed by atoms with Crippen LogP contribution in [0.3, 0.4) is 0 Å². The summed E-state index contributed by atoms with van der Waals surface area (Å²) in [6.45, 7) is 10.5. The van der Waals surface area contributed by atoms with Crippen LogP contribution in [0.1, 0.15) is 54.4 Å². The van der Waals surface area contributed by atoms with E-state index in [0.717, 1.165) is 5.57 Å². The smallest absolute Gasteiger partial charge is 0.174 e. The molecule has 0 fully saturated rings. The van der Waals surface area contributed by atoms with Crippen LogP contribution < -0.4 is 0 Å². The summed E-state index contributed by atoms with van der Waals surface area (Å²) in [5.74, 6) is -0.843. The van der Waals surface area contributed by atoms with Gasteiger partial charge in [-0.15, -0.1) is 11.6 Å². The van der Waals surface area contributed by atoms with Crippen LogP contribution >= 0.6 is 11.6 Å². The molecule has 114 valence electrons. The lowest BCUT2D eigenvalue weighted by atomic mass is 9.86. The zero-order valence-electron chi connectivity index (χ0n) is 13.2. The van der Waals surface area contributed by atoms with Gasteiger partial charge in [0.2, 0.25) is 0 Å². The van der Waals surface area contributed by atoms with Crippen molar-refractivity contribution < 1.29 is 14.4 Å².